The van der Waals surface area contributed by atoms with Gasteiger partial charge in [0.1, 0.15) is 5.82 Å². The first kappa shape index (κ1) is 12.1. The van der Waals surface area contributed by atoms with Gasteiger partial charge in [-0.15, -0.1) is 0 Å². The summed E-state index contributed by atoms with van der Waals surface area (Å²) < 4.78 is 1.91. The van der Waals surface area contributed by atoms with E-state index in [0.717, 1.165) is 11.5 Å². The van der Waals surface area contributed by atoms with E-state index in [1.807, 2.05) is 17.8 Å². The van der Waals surface area contributed by atoms with E-state index in [9.17, 15) is 5.11 Å². The van der Waals surface area contributed by atoms with Crippen molar-refractivity contribution in [2.75, 3.05) is 5.32 Å². The third kappa shape index (κ3) is 2.65. The Morgan fingerprint density at radius 2 is 2.00 bits per heavy atom. The van der Waals surface area contributed by atoms with Crippen LogP contribution in [0.25, 0.3) is 0 Å². The summed E-state index contributed by atoms with van der Waals surface area (Å²) in [6, 6.07) is 3.23. The molecular formula is C11H11Cl2N3O. The van der Waals surface area contributed by atoms with Crippen molar-refractivity contribution in [2.45, 2.75) is 6.54 Å². The molecule has 0 aliphatic heterocycles. The van der Waals surface area contributed by atoms with E-state index in [1.54, 1.807) is 18.3 Å². The van der Waals surface area contributed by atoms with Gasteiger partial charge in [0.15, 0.2) is 5.75 Å². The van der Waals surface area contributed by atoms with E-state index >= 15 is 0 Å². The van der Waals surface area contributed by atoms with Crippen LogP contribution in [0.4, 0.5) is 5.69 Å². The summed E-state index contributed by atoms with van der Waals surface area (Å²) in [4.78, 5) is 4.18. The van der Waals surface area contributed by atoms with Crippen LogP contribution in [0.3, 0.4) is 0 Å². The molecule has 1 aromatic heterocycles. The van der Waals surface area contributed by atoms with Crippen LogP contribution in [0, 0.1) is 0 Å². The summed E-state index contributed by atoms with van der Waals surface area (Å²) in [7, 11) is 1.92. The molecule has 90 valence electrons. The number of rotatable bonds is 3. The molecule has 4 nitrogen and oxygen atoms in total. The standard InChI is InChI=1S/C11H11Cl2N3O/c1-16-3-2-14-10(16)6-15-7-4-8(12)11(17)9(13)5-7/h2-5,15,17H,6H2,1H3. The molecule has 0 aliphatic carbocycles. The van der Waals surface area contributed by atoms with Crippen LogP contribution in [-0.4, -0.2) is 14.7 Å². The number of hydrogen-bond acceptors (Lipinski definition) is 3. The van der Waals surface area contributed by atoms with Gasteiger partial charge < -0.3 is 15.0 Å². The molecule has 0 amide bonds. The van der Waals surface area contributed by atoms with Crippen molar-refractivity contribution in [1.82, 2.24) is 9.55 Å². The number of aryl methyl sites for hydroxylation is 1. The number of benzene rings is 1. The monoisotopic (exact) mass is 271 g/mol. The fourth-order valence-electron chi connectivity index (χ4n) is 1.42. The van der Waals surface area contributed by atoms with Crippen molar-refractivity contribution in [3.63, 3.8) is 0 Å². The van der Waals surface area contributed by atoms with Gasteiger partial charge in [0.05, 0.1) is 16.6 Å². The number of phenols is 1. The summed E-state index contributed by atoms with van der Waals surface area (Å²) >= 11 is 11.6. The second kappa shape index (κ2) is 4.85. The Bertz CT molecular complexity index is 516. The van der Waals surface area contributed by atoms with Gasteiger partial charge in [0.25, 0.3) is 0 Å². The summed E-state index contributed by atoms with van der Waals surface area (Å²) in [5, 5.41) is 13.0. The average Bonchev–Trinajstić information content (AvgIpc) is 2.69. The number of phenolic OH excluding ortho intramolecular Hbond substituents is 1. The van der Waals surface area contributed by atoms with E-state index < -0.39 is 0 Å². The molecule has 6 heteroatoms. The molecule has 0 saturated carbocycles. The first-order valence-electron chi connectivity index (χ1n) is 4.96. The number of nitrogens with zero attached hydrogens (tertiary/aromatic N) is 2. The molecule has 2 N–H and O–H groups in total. The summed E-state index contributed by atoms with van der Waals surface area (Å²) in [6.45, 7) is 0.556. The molecule has 1 aromatic carbocycles. The topological polar surface area (TPSA) is 50.1 Å². The number of aromatic nitrogens is 2. The highest BCUT2D eigenvalue weighted by molar-refractivity contribution is 6.37. The van der Waals surface area contributed by atoms with E-state index in [1.165, 1.54) is 0 Å². The lowest BCUT2D eigenvalue weighted by Crippen LogP contribution is -2.05. The van der Waals surface area contributed by atoms with Crippen LogP contribution in [-0.2, 0) is 13.6 Å². The molecule has 0 fully saturated rings. The minimum Gasteiger partial charge on any atom is -0.505 e. The maximum Gasteiger partial charge on any atom is 0.152 e. The van der Waals surface area contributed by atoms with Crippen molar-refractivity contribution in [3.05, 3.63) is 40.4 Å². The number of anilines is 1. The van der Waals surface area contributed by atoms with Crippen LogP contribution in [0.15, 0.2) is 24.5 Å². The van der Waals surface area contributed by atoms with Crippen molar-refractivity contribution in [3.8, 4) is 5.75 Å². The van der Waals surface area contributed by atoms with Crippen molar-refractivity contribution in [1.29, 1.82) is 0 Å². The van der Waals surface area contributed by atoms with Gasteiger partial charge in [-0.25, -0.2) is 4.98 Å². The molecule has 17 heavy (non-hydrogen) atoms. The van der Waals surface area contributed by atoms with Crippen molar-refractivity contribution in [2.24, 2.45) is 7.05 Å². The Labute approximate surface area is 109 Å². The largest absolute Gasteiger partial charge is 0.505 e. The second-order valence-electron chi connectivity index (χ2n) is 3.60. The highest BCUT2D eigenvalue weighted by atomic mass is 35.5. The van der Waals surface area contributed by atoms with Gasteiger partial charge in [-0.2, -0.15) is 0 Å². The normalized spacial score (nSPS) is 10.5. The molecule has 0 atom stereocenters. The predicted molar refractivity (Wildman–Crippen MR) is 68.7 cm³/mol. The third-order valence-corrected chi connectivity index (χ3v) is 2.96. The van der Waals surface area contributed by atoms with Gasteiger partial charge >= 0.3 is 0 Å². The highest BCUT2D eigenvalue weighted by Crippen LogP contribution is 2.34. The fraction of sp³-hybridized carbons (Fsp3) is 0.182. The Morgan fingerprint density at radius 1 is 1.35 bits per heavy atom. The van der Waals surface area contributed by atoms with Crippen molar-refractivity contribution < 1.29 is 5.11 Å². The summed E-state index contributed by atoms with van der Waals surface area (Å²) in [5.41, 5.74) is 0.737. The minimum absolute atomic E-state index is 0.101. The molecule has 0 saturated heterocycles. The zero-order valence-corrected chi connectivity index (χ0v) is 10.6. The van der Waals surface area contributed by atoms with Crippen LogP contribution in [0.1, 0.15) is 5.82 Å². The molecule has 0 radical (unpaired) electrons. The first-order valence-corrected chi connectivity index (χ1v) is 5.71. The molecule has 0 bridgehead atoms. The van der Waals surface area contributed by atoms with Crippen LogP contribution in [0.5, 0.6) is 5.75 Å². The molecule has 1 heterocycles. The predicted octanol–water partition coefficient (Wildman–Crippen LogP) is 3.04. The van der Waals surface area contributed by atoms with E-state index in [2.05, 4.69) is 10.3 Å². The lowest BCUT2D eigenvalue weighted by Gasteiger charge is -2.08. The van der Waals surface area contributed by atoms with Gasteiger partial charge in [-0.1, -0.05) is 23.2 Å². The lowest BCUT2D eigenvalue weighted by molar-refractivity contribution is 0.476. The SMILES string of the molecule is Cn1ccnc1CNc1cc(Cl)c(O)c(Cl)c1. The first-order chi connectivity index (χ1) is 8.08. The zero-order valence-electron chi connectivity index (χ0n) is 9.11. The lowest BCUT2D eigenvalue weighted by atomic mass is 10.3. The summed E-state index contributed by atoms with van der Waals surface area (Å²) in [5.74, 6) is 0.793. The molecule has 0 spiro atoms. The smallest absolute Gasteiger partial charge is 0.152 e. The van der Waals surface area contributed by atoms with Gasteiger partial charge in [-0.3, -0.25) is 0 Å². The van der Waals surface area contributed by atoms with Gasteiger partial charge in [0.2, 0.25) is 0 Å². The Hall–Kier alpha value is -1.39. The average molecular weight is 272 g/mol. The van der Waals surface area contributed by atoms with Crippen LogP contribution < -0.4 is 5.32 Å². The van der Waals surface area contributed by atoms with Crippen LogP contribution in [0.2, 0.25) is 10.0 Å². The van der Waals surface area contributed by atoms with E-state index in [4.69, 9.17) is 23.2 Å². The van der Waals surface area contributed by atoms with Gasteiger partial charge in [0, 0.05) is 25.1 Å². The molecule has 2 rings (SSSR count). The molecule has 0 unspecified atom stereocenters. The van der Waals surface area contributed by atoms with Crippen molar-refractivity contribution >= 4 is 28.9 Å². The highest BCUT2D eigenvalue weighted by Gasteiger charge is 2.07. The minimum atomic E-state index is -0.101. The number of imidazole rings is 1. The quantitative estimate of drug-likeness (QED) is 0.844. The van der Waals surface area contributed by atoms with E-state index in [-0.39, 0.29) is 15.8 Å². The Balaban J connectivity index is 2.12. The molecular weight excluding hydrogens is 261 g/mol. The number of aromatic hydroxyl groups is 1. The van der Waals surface area contributed by atoms with Gasteiger partial charge in [-0.05, 0) is 12.1 Å². The fourth-order valence-corrected chi connectivity index (χ4v) is 1.90. The third-order valence-electron chi connectivity index (χ3n) is 2.39. The number of halogens is 2. The summed E-state index contributed by atoms with van der Waals surface area (Å²) in [6.07, 6.45) is 3.60. The Kier molecular flexibility index (Phi) is 3.45. The number of nitrogens with one attached hydrogen (secondary N) is 1. The van der Waals surface area contributed by atoms with E-state index in [0.29, 0.717) is 6.54 Å². The molecule has 0 aliphatic rings. The number of hydrogen-bond donors (Lipinski definition) is 2. The zero-order chi connectivity index (χ0) is 12.4. The second-order valence-corrected chi connectivity index (χ2v) is 4.41. The van der Waals surface area contributed by atoms with Crippen LogP contribution >= 0.6 is 23.2 Å². The maximum atomic E-state index is 9.42. The Morgan fingerprint density at radius 3 is 2.53 bits per heavy atom. The molecule has 2 aromatic rings. The maximum absolute atomic E-state index is 9.42.